The van der Waals surface area contributed by atoms with Crippen molar-refractivity contribution in [2.24, 2.45) is 0 Å². The Balaban J connectivity index is 0.000000204. The first kappa shape index (κ1) is 40.5. The zero-order valence-corrected chi connectivity index (χ0v) is 31.7. The summed E-state index contributed by atoms with van der Waals surface area (Å²) in [5.74, 6) is 0.531. The summed E-state index contributed by atoms with van der Waals surface area (Å²) in [5, 5.41) is 19.5. The van der Waals surface area contributed by atoms with Crippen molar-refractivity contribution < 1.29 is 61.6 Å². The largest absolute Gasteiger partial charge is 1.00 e. The number of esters is 1. The number of hydrogen-bond donors (Lipinski definition) is 1. The molecule has 55 heavy (non-hydrogen) atoms. The Morgan fingerprint density at radius 1 is 0.636 bits per heavy atom. The van der Waals surface area contributed by atoms with Crippen LogP contribution >= 0.6 is 23.2 Å². The number of nitrogens with zero attached hydrogens (tertiary/aromatic N) is 4. The number of benzene rings is 4. The minimum Gasteiger partial charge on any atom is -0.870 e. The second-order valence-corrected chi connectivity index (χ2v) is 13.0. The fourth-order valence-electron chi connectivity index (χ4n) is 5.63. The molecule has 2 N–H and O–H groups in total. The van der Waals surface area contributed by atoms with Gasteiger partial charge in [0.05, 0.1) is 39.4 Å². The van der Waals surface area contributed by atoms with E-state index in [-0.39, 0.29) is 46.7 Å². The Kier molecular flexibility index (Phi) is 12.0. The molecule has 4 aromatic carbocycles. The average Bonchev–Trinajstić information content (AvgIpc) is 3.97. The summed E-state index contributed by atoms with van der Waals surface area (Å²) in [6.07, 6.45) is 0. The number of carboxylic acid groups (broad SMARTS) is 1. The van der Waals surface area contributed by atoms with Crippen LogP contribution in [0.25, 0.3) is 68.0 Å². The van der Waals surface area contributed by atoms with E-state index in [0.717, 1.165) is 44.2 Å². The molecule has 0 bridgehead atoms. The monoisotopic (exact) mass is 774 g/mol. The van der Waals surface area contributed by atoms with Crippen LogP contribution < -0.4 is 18.9 Å². The normalized spacial score (nSPS) is 10.7. The van der Waals surface area contributed by atoms with Crippen LogP contribution in [0.5, 0.6) is 0 Å². The summed E-state index contributed by atoms with van der Waals surface area (Å²) in [6.45, 7) is 7.98. The van der Waals surface area contributed by atoms with E-state index in [2.05, 4.69) is 25.0 Å². The van der Waals surface area contributed by atoms with Crippen molar-refractivity contribution in [3.8, 4) is 46.1 Å². The fraction of sp³-hybridized carbons (Fsp3) is 0.128. The number of fused-ring (bicyclic) bond motifs is 2. The first-order chi connectivity index (χ1) is 25.4. The number of aromatic nitrogens is 4. The van der Waals surface area contributed by atoms with Crippen molar-refractivity contribution >= 4 is 57.1 Å². The zero-order chi connectivity index (χ0) is 37.6. The quantitative estimate of drug-likeness (QED) is 0.132. The molecule has 0 spiro atoms. The summed E-state index contributed by atoms with van der Waals surface area (Å²) in [5.41, 5.74) is 7.25. The number of aromatic carboxylic acids is 1. The third-order valence-corrected chi connectivity index (χ3v) is 9.18. The average molecular weight is 776 g/mol. The molecule has 0 atom stereocenters. The van der Waals surface area contributed by atoms with Crippen LogP contribution in [-0.4, -0.2) is 49.9 Å². The second-order valence-electron chi connectivity index (χ2n) is 12.1. The van der Waals surface area contributed by atoms with Crippen molar-refractivity contribution in [3.05, 3.63) is 116 Å². The summed E-state index contributed by atoms with van der Waals surface area (Å²) in [6, 6.07) is 20.9. The molecule has 4 aromatic heterocycles. The Morgan fingerprint density at radius 2 is 1.05 bits per heavy atom. The molecule has 8 aromatic rings. The van der Waals surface area contributed by atoms with Crippen molar-refractivity contribution in [3.63, 3.8) is 0 Å². The standard InChI is InChI=1S/C20H15ClN2O4.C19H13ClN2O4.Li.H2O/c1-10-4-5-11(2)17-14(10)9-16(26-17)18-22-19(27-23-18)13-7-6-12(8-15(13)21)20(24)25-3;1-9-3-4-10(2)16-13(9)8-15(25-16)17-21-18(26-22-17)12-6-5-11(19(23)24)7-14(12)20;;/h4-9H,1-3H3;3-8H,1-2H3,(H,23,24);;1H2/q;;+1;/p-1. The van der Waals surface area contributed by atoms with Crippen molar-refractivity contribution in [2.75, 3.05) is 7.11 Å². The molecular weight excluding hydrogens is 746 g/mol. The summed E-state index contributed by atoms with van der Waals surface area (Å²) in [7, 11) is 1.31. The van der Waals surface area contributed by atoms with E-state index in [1.807, 2.05) is 64.1 Å². The maximum atomic E-state index is 11.6. The van der Waals surface area contributed by atoms with E-state index < -0.39 is 11.9 Å². The minimum atomic E-state index is -1.06. The van der Waals surface area contributed by atoms with Gasteiger partial charge in [0.1, 0.15) is 11.2 Å². The van der Waals surface area contributed by atoms with Gasteiger partial charge in [0.2, 0.25) is 11.6 Å². The van der Waals surface area contributed by atoms with Gasteiger partial charge in [-0.25, -0.2) is 9.59 Å². The molecule has 13 nitrogen and oxygen atoms in total. The third kappa shape index (κ3) is 7.93. The minimum absolute atomic E-state index is 0. The Hall–Kier alpha value is -5.68. The van der Waals surface area contributed by atoms with E-state index in [4.69, 9.17) is 46.2 Å². The molecule has 0 unspecified atom stereocenters. The smallest absolute Gasteiger partial charge is 0.870 e. The third-order valence-electron chi connectivity index (χ3n) is 8.56. The molecule has 0 amide bonds. The van der Waals surface area contributed by atoms with Crippen molar-refractivity contribution in [1.82, 2.24) is 20.3 Å². The molecule has 8 rings (SSSR count). The summed E-state index contributed by atoms with van der Waals surface area (Å²) < 4.78 is 27.2. The van der Waals surface area contributed by atoms with E-state index in [0.29, 0.717) is 44.9 Å². The number of furan rings is 2. The molecule has 274 valence electrons. The molecular formula is C39H29Cl2LiN4O9. The first-order valence-corrected chi connectivity index (χ1v) is 16.8. The van der Waals surface area contributed by atoms with Gasteiger partial charge in [0.25, 0.3) is 11.8 Å². The molecule has 0 saturated carbocycles. The molecule has 0 radical (unpaired) electrons. The molecule has 0 saturated heterocycles. The van der Waals surface area contributed by atoms with Gasteiger partial charge in [-0.1, -0.05) is 57.8 Å². The predicted octanol–water partition coefficient (Wildman–Crippen LogP) is 7.15. The van der Waals surface area contributed by atoms with Crippen LogP contribution in [0.4, 0.5) is 0 Å². The van der Waals surface area contributed by atoms with E-state index in [1.54, 1.807) is 12.1 Å². The van der Waals surface area contributed by atoms with E-state index >= 15 is 0 Å². The molecule has 0 aliphatic heterocycles. The van der Waals surface area contributed by atoms with Crippen LogP contribution in [0.15, 0.2) is 90.7 Å². The summed E-state index contributed by atoms with van der Waals surface area (Å²) >= 11 is 12.4. The molecule has 0 aliphatic rings. The number of aryl methyl sites for hydroxylation is 4. The number of carbonyl (C=O) groups excluding carboxylic acids is 1. The number of methoxy groups -OCH3 is 1. The van der Waals surface area contributed by atoms with Crippen LogP contribution in [0.2, 0.25) is 10.0 Å². The van der Waals surface area contributed by atoms with Crippen LogP contribution in [0.1, 0.15) is 43.0 Å². The topological polar surface area (TPSA) is 198 Å². The molecule has 0 fully saturated rings. The van der Waals surface area contributed by atoms with Crippen molar-refractivity contribution in [1.29, 1.82) is 0 Å². The number of rotatable bonds is 6. The number of hydrogen-bond acceptors (Lipinski definition) is 12. The maximum absolute atomic E-state index is 11.6. The van der Waals surface area contributed by atoms with E-state index in [1.165, 1.54) is 31.4 Å². The van der Waals surface area contributed by atoms with Gasteiger partial charge in [-0.05, 0) is 98.5 Å². The van der Waals surface area contributed by atoms with Crippen LogP contribution in [-0.2, 0) is 4.74 Å². The number of ether oxygens (including phenoxy) is 1. The zero-order valence-electron chi connectivity index (χ0n) is 30.2. The number of carboxylic acids is 1. The van der Waals surface area contributed by atoms with Gasteiger partial charge in [-0.3, -0.25) is 0 Å². The molecule has 16 heteroatoms. The van der Waals surface area contributed by atoms with E-state index in [9.17, 15) is 9.59 Å². The van der Waals surface area contributed by atoms with Gasteiger partial charge in [-0.2, -0.15) is 9.97 Å². The number of carbonyl (C=O) groups is 2. The summed E-state index contributed by atoms with van der Waals surface area (Å²) in [4.78, 5) is 31.3. The SMILES string of the molecule is COC(=O)c1ccc(-c2nc(-c3cc4c(C)ccc(C)c4o3)no2)c(Cl)c1.Cc1ccc(C)c2oc(-c3noc(-c4ccc(C(=O)O)cc4Cl)n3)cc12.[Li+].[OH-]. The van der Waals surface area contributed by atoms with Gasteiger partial charge >= 0.3 is 30.8 Å². The fourth-order valence-corrected chi connectivity index (χ4v) is 6.15. The predicted molar refractivity (Wildman–Crippen MR) is 199 cm³/mol. The number of halogens is 2. The van der Waals surface area contributed by atoms with Gasteiger partial charge in [0.15, 0.2) is 11.5 Å². The maximum Gasteiger partial charge on any atom is 1.00 e. The first-order valence-electron chi connectivity index (χ1n) is 16.0. The van der Waals surface area contributed by atoms with Crippen LogP contribution in [0, 0.1) is 27.7 Å². The van der Waals surface area contributed by atoms with Gasteiger partial charge < -0.3 is 33.2 Å². The van der Waals surface area contributed by atoms with Crippen molar-refractivity contribution in [2.45, 2.75) is 27.7 Å². The molecule has 4 heterocycles. The van der Waals surface area contributed by atoms with Gasteiger partial charge in [0, 0.05) is 10.8 Å². The Morgan fingerprint density at radius 3 is 1.45 bits per heavy atom. The second kappa shape index (κ2) is 16.4. The Labute approximate surface area is 334 Å². The van der Waals surface area contributed by atoms with Gasteiger partial charge in [-0.15, -0.1) is 0 Å². The van der Waals surface area contributed by atoms with Crippen LogP contribution in [0.3, 0.4) is 0 Å². The Bertz CT molecular complexity index is 2640. The molecule has 0 aliphatic carbocycles.